The van der Waals surface area contributed by atoms with Gasteiger partial charge in [-0.2, -0.15) is 0 Å². The minimum Gasteiger partial charge on any atom is -0.456 e. The Kier molecular flexibility index (Phi) is 7.09. The van der Waals surface area contributed by atoms with E-state index in [9.17, 15) is 19.7 Å². The van der Waals surface area contributed by atoms with Gasteiger partial charge in [-0.3, -0.25) is 24.7 Å². The van der Waals surface area contributed by atoms with E-state index in [-0.39, 0.29) is 40.9 Å². The van der Waals surface area contributed by atoms with Crippen LogP contribution in [0, 0.1) is 17.0 Å². The van der Waals surface area contributed by atoms with Crippen LogP contribution in [0.4, 0.5) is 11.4 Å². The number of nitrogens with zero attached hydrogens (tertiary/aromatic N) is 3. The first-order chi connectivity index (χ1) is 16.8. The van der Waals surface area contributed by atoms with Crippen LogP contribution in [0.5, 0.6) is 0 Å². The maximum absolute atomic E-state index is 13.1. The molecule has 0 bridgehead atoms. The summed E-state index contributed by atoms with van der Waals surface area (Å²) in [5.41, 5.74) is 1.15. The van der Waals surface area contributed by atoms with Gasteiger partial charge in [0.2, 0.25) is 0 Å². The van der Waals surface area contributed by atoms with Crippen molar-refractivity contribution in [1.82, 2.24) is 15.2 Å². The van der Waals surface area contributed by atoms with Crippen molar-refractivity contribution < 1.29 is 18.9 Å². The van der Waals surface area contributed by atoms with E-state index >= 15 is 0 Å². The van der Waals surface area contributed by atoms with Gasteiger partial charge in [0.25, 0.3) is 17.5 Å². The fourth-order valence-electron chi connectivity index (χ4n) is 4.10. The molecule has 1 aromatic carbocycles. The van der Waals surface area contributed by atoms with Crippen LogP contribution in [0.3, 0.4) is 0 Å². The second-order valence-corrected chi connectivity index (χ2v) is 8.56. The fraction of sp³-hybridized carbons (Fsp3) is 0.320. The Bertz CT molecular complexity index is 1220. The highest BCUT2D eigenvalue weighted by atomic mass is 16.6. The summed E-state index contributed by atoms with van der Waals surface area (Å²) in [4.78, 5) is 42.5. The number of aryl methyl sites for hydroxylation is 1. The number of rotatable bonds is 7. The number of carbonyl (C=O) groups excluding carboxylic acids is 2. The van der Waals surface area contributed by atoms with Crippen molar-refractivity contribution in [3.8, 4) is 0 Å². The molecule has 1 atom stereocenters. The molecular weight excluding hydrogens is 450 g/mol. The number of aromatic nitrogens is 1. The second kappa shape index (κ2) is 10.4. The van der Waals surface area contributed by atoms with Gasteiger partial charge in [0.05, 0.1) is 16.7 Å². The van der Waals surface area contributed by atoms with Gasteiger partial charge in [-0.1, -0.05) is 6.07 Å². The summed E-state index contributed by atoms with van der Waals surface area (Å²) in [6, 6.07) is 13.0. The highest BCUT2D eigenvalue weighted by Crippen LogP contribution is 2.29. The van der Waals surface area contributed by atoms with E-state index in [0.717, 1.165) is 5.69 Å². The molecule has 1 unspecified atom stereocenters. The highest BCUT2D eigenvalue weighted by Gasteiger charge is 2.27. The summed E-state index contributed by atoms with van der Waals surface area (Å²) >= 11 is 0. The summed E-state index contributed by atoms with van der Waals surface area (Å²) in [5.74, 6) is 0.377. The van der Waals surface area contributed by atoms with Gasteiger partial charge in [0.1, 0.15) is 11.4 Å². The van der Waals surface area contributed by atoms with Crippen LogP contribution in [-0.2, 0) is 0 Å². The average Bonchev–Trinajstić information content (AvgIpc) is 3.31. The molecule has 0 saturated carbocycles. The molecule has 1 saturated heterocycles. The zero-order valence-electron chi connectivity index (χ0n) is 19.6. The van der Waals surface area contributed by atoms with Crippen LogP contribution < -0.4 is 10.6 Å². The lowest BCUT2D eigenvalue weighted by Gasteiger charge is -2.32. The molecule has 2 amide bonds. The number of pyridine rings is 1. The Labute approximate surface area is 202 Å². The third kappa shape index (κ3) is 5.65. The topological polar surface area (TPSA) is 131 Å². The summed E-state index contributed by atoms with van der Waals surface area (Å²) in [6.07, 6.45) is 2.83. The highest BCUT2D eigenvalue weighted by molar-refractivity contribution is 5.96. The minimum atomic E-state index is -0.498. The van der Waals surface area contributed by atoms with Crippen molar-refractivity contribution in [3.05, 3.63) is 87.6 Å². The Hall–Kier alpha value is -4.21. The predicted molar refractivity (Wildman–Crippen MR) is 129 cm³/mol. The number of anilines is 1. The van der Waals surface area contributed by atoms with E-state index in [2.05, 4.69) is 15.6 Å². The molecule has 10 heteroatoms. The monoisotopic (exact) mass is 477 g/mol. The average molecular weight is 478 g/mol. The Morgan fingerprint density at radius 1 is 1.17 bits per heavy atom. The van der Waals surface area contributed by atoms with Gasteiger partial charge in [0.15, 0.2) is 5.76 Å². The summed E-state index contributed by atoms with van der Waals surface area (Å²) in [6.45, 7) is 4.51. The van der Waals surface area contributed by atoms with Gasteiger partial charge < -0.3 is 20.0 Å². The molecule has 0 aliphatic carbocycles. The smallest absolute Gasteiger partial charge is 0.293 e. The molecule has 182 valence electrons. The number of hydrogen-bond donors (Lipinski definition) is 2. The first kappa shape index (κ1) is 23.9. The Balaban J connectivity index is 1.39. The van der Waals surface area contributed by atoms with Crippen LogP contribution in [0.15, 0.2) is 59.1 Å². The molecule has 2 N–H and O–H groups in total. The molecule has 1 aliphatic rings. The molecular formula is C25H27N5O5. The number of furan rings is 1. The van der Waals surface area contributed by atoms with Crippen LogP contribution in [0.2, 0.25) is 0 Å². The van der Waals surface area contributed by atoms with Crippen LogP contribution in [0.1, 0.15) is 58.2 Å². The van der Waals surface area contributed by atoms with Crippen molar-refractivity contribution in [2.45, 2.75) is 38.8 Å². The number of piperidine rings is 1. The van der Waals surface area contributed by atoms with Gasteiger partial charge in [-0.25, -0.2) is 0 Å². The largest absolute Gasteiger partial charge is 0.456 e. The van der Waals surface area contributed by atoms with Crippen molar-refractivity contribution in [1.29, 1.82) is 0 Å². The Morgan fingerprint density at radius 3 is 2.57 bits per heavy atom. The molecule has 1 aliphatic heterocycles. The number of nitrogens with one attached hydrogen (secondary N) is 2. The van der Waals surface area contributed by atoms with Gasteiger partial charge >= 0.3 is 0 Å². The number of carbonyl (C=O) groups is 2. The quantitative estimate of drug-likeness (QED) is 0.387. The normalized spacial score (nSPS) is 14.9. The minimum absolute atomic E-state index is 0.0778. The number of likely N-dealkylation sites (tertiary alicyclic amines) is 1. The molecule has 0 radical (unpaired) electrons. The fourth-order valence-corrected chi connectivity index (χ4v) is 4.10. The van der Waals surface area contributed by atoms with Crippen LogP contribution in [0.25, 0.3) is 0 Å². The van der Waals surface area contributed by atoms with E-state index in [1.807, 2.05) is 19.1 Å². The molecule has 1 fully saturated rings. The molecule has 10 nitrogen and oxygen atoms in total. The molecule has 35 heavy (non-hydrogen) atoms. The zero-order valence-corrected chi connectivity index (χ0v) is 19.6. The third-order valence-corrected chi connectivity index (χ3v) is 6.03. The molecule has 4 rings (SSSR count). The predicted octanol–water partition coefficient (Wildman–Crippen LogP) is 4.10. The van der Waals surface area contributed by atoms with Crippen molar-refractivity contribution >= 4 is 23.2 Å². The first-order valence-electron chi connectivity index (χ1n) is 11.4. The number of nitro benzene ring substituents is 1. The second-order valence-electron chi connectivity index (χ2n) is 8.56. The molecule has 0 spiro atoms. The molecule has 3 aromatic rings. The Morgan fingerprint density at radius 2 is 1.94 bits per heavy atom. The maximum Gasteiger partial charge on any atom is 0.293 e. The van der Waals surface area contributed by atoms with Gasteiger partial charge in [-0.05, 0) is 63.1 Å². The standard InChI is InChI=1S/C25H27N5O5/c1-16-6-9-23(35-16)24(31)28-19-10-13-29(14-11-19)25(32)18-7-8-21(22(15-18)30(33)34)27-17(2)20-5-3-4-12-26-20/h3-9,12,15,17,19,27H,10-11,13-14H2,1-2H3,(H,28,31). The molecule has 2 aromatic heterocycles. The van der Waals surface area contributed by atoms with Crippen LogP contribution in [-0.4, -0.2) is 45.8 Å². The van der Waals surface area contributed by atoms with E-state index in [1.54, 1.807) is 48.4 Å². The molecule has 3 heterocycles. The summed E-state index contributed by atoms with van der Waals surface area (Å²) in [7, 11) is 0. The van der Waals surface area contributed by atoms with Crippen molar-refractivity contribution in [2.24, 2.45) is 0 Å². The van der Waals surface area contributed by atoms with E-state index in [4.69, 9.17) is 4.42 Å². The van der Waals surface area contributed by atoms with E-state index < -0.39 is 4.92 Å². The van der Waals surface area contributed by atoms with E-state index in [1.165, 1.54) is 6.07 Å². The lowest BCUT2D eigenvalue weighted by atomic mass is 10.0. The number of nitro groups is 1. The lowest BCUT2D eigenvalue weighted by molar-refractivity contribution is -0.384. The lowest BCUT2D eigenvalue weighted by Crippen LogP contribution is -2.46. The summed E-state index contributed by atoms with van der Waals surface area (Å²) < 4.78 is 5.35. The van der Waals surface area contributed by atoms with Crippen molar-refractivity contribution in [3.63, 3.8) is 0 Å². The maximum atomic E-state index is 13.1. The number of benzene rings is 1. The number of hydrogen-bond acceptors (Lipinski definition) is 7. The van der Waals surface area contributed by atoms with Gasteiger partial charge in [-0.15, -0.1) is 0 Å². The van der Waals surface area contributed by atoms with Crippen molar-refractivity contribution in [2.75, 3.05) is 18.4 Å². The summed E-state index contributed by atoms with van der Waals surface area (Å²) in [5, 5.41) is 17.8. The first-order valence-corrected chi connectivity index (χ1v) is 11.4. The third-order valence-electron chi connectivity index (χ3n) is 6.03. The van der Waals surface area contributed by atoms with Crippen LogP contribution >= 0.6 is 0 Å². The van der Waals surface area contributed by atoms with Gasteiger partial charge in [0, 0.05) is 37.0 Å². The zero-order chi connectivity index (χ0) is 24.9. The van der Waals surface area contributed by atoms with E-state index in [0.29, 0.717) is 37.4 Å². The number of amides is 2. The SMILES string of the molecule is Cc1ccc(C(=O)NC2CCN(C(=O)c3ccc(NC(C)c4ccccn4)c([N+](=O)[O-])c3)CC2)o1.